The van der Waals surface area contributed by atoms with Crippen LogP contribution >= 0.6 is 27.7 Å². The molecule has 0 aliphatic heterocycles. The minimum Gasteiger partial charge on any atom is -0.389 e. The third-order valence-corrected chi connectivity index (χ3v) is 5.28. The summed E-state index contributed by atoms with van der Waals surface area (Å²) in [6.45, 7) is 1.77. The van der Waals surface area contributed by atoms with Crippen molar-refractivity contribution in [1.82, 2.24) is 20.2 Å². The Labute approximate surface area is 136 Å². The summed E-state index contributed by atoms with van der Waals surface area (Å²) < 4.78 is 2.92. The van der Waals surface area contributed by atoms with Crippen LogP contribution in [-0.2, 0) is 0 Å². The van der Waals surface area contributed by atoms with Crippen LogP contribution in [0.2, 0.25) is 0 Å². The van der Waals surface area contributed by atoms with E-state index in [9.17, 15) is 5.11 Å². The molecule has 1 unspecified atom stereocenters. The van der Waals surface area contributed by atoms with Crippen LogP contribution in [0, 0.1) is 0 Å². The van der Waals surface area contributed by atoms with Gasteiger partial charge in [-0.15, -0.1) is 5.10 Å². The summed E-state index contributed by atoms with van der Waals surface area (Å²) in [5, 5.41) is 22.8. The molecule has 1 aromatic heterocycles. The number of tetrazole rings is 1. The zero-order valence-electron chi connectivity index (χ0n) is 11.7. The molecule has 1 N–H and O–H groups in total. The smallest absolute Gasteiger partial charge is 0.214 e. The fourth-order valence-electron chi connectivity index (χ4n) is 2.67. The summed E-state index contributed by atoms with van der Waals surface area (Å²) in [6.07, 6.45) is 4.24. The van der Waals surface area contributed by atoms with Gasteiger partial charge in [-0.1, -0.05) is 34.8 Å². The van der Waals surface area contributed by atoms with Crippen molar-refractivity contribution in [2.75, 3.05) is 0 Å². The number of hydrogen-bond donors (Lipinski definition) is 1. The zero-order chi connectivity index (χ0) is 14.8. The second-order valence-electron chi connectivity index (χ2n) is 5.30. The standard InChI is InChI=1S/C14H17BrN4OS/c1-9(20)12-7-6-10(15)8-13(12)21-14-16-17-18-19(14)11-4-2-3-5-11/h6-9,11,20H,2-5H2,1H3. The number of nitrogens with zero attached hydrogens (tertiary/aromatic N) is 4. The molecule has 1 aliphatic rings. The molecular weight excluding hydrogens is 352 g/mol. The van der Waals surface area contributed by atoms with E-state index in [1.807, 2.05) is 22.9 Å². The van der Waals surface area contributed by atoms with Gasteiger partial charge in [0.25, 0.3) is 0 Å². The Balaban J connectivity index is 1.90. The van der Waals surface area contributed by atoms with Crippen LogP contribution < -0.4 is 0 Å². The van der Waals surface area contributed by atoms with Crippen molar-refractivity contribution in [3.8, 4) is 0 Å². The second kappa shape index (κ2) is 6.46. The van der Waals surface area contributed by atoms with E-state index in [-0.39, 0.29) is 0 Å². The summed E-state index contributed by atoms with van der Waals surface area (Å²) >= 11 is 4.99. The summed E-state index contributed by atoms with van der Waals surface area (Å²) in [7, 11) is 0. The Morgan fingerprint density at radius 1 is 1.38 bits per heavy atom. The van der Waals surface area contributed by atoms with Gasteiger partial charge in [-0.25, -0.2) is 4.68 Å². The van der Waals surface area contributed by atoms with E-state index in [4.69, 9.17) is 0 Å². The lowest BCUT2D eigenvalue weighted by atomic mass is 10.1. The fourth-order valence-corrected chi connectivity index (χ4v) is 4.28. The topological polar surface area (TPSA) is 63.8 Å². The first-order chi connectivity index (χ1) is 10.1. The molecule has 7 heteroatoms. The molecule has 1 fully saturated rings. The number of benzene rings is 1. The highest BCUT2D eigenvalue weighted by Crippen LogP contribution is 2.37. The minimum absolute atomic E-state index is 0.407. The number of halogens is 1. The Morgan fingerprint density at radius 2 is 2.14 bits per heavy atom. The predicted molar refractivity (Wildman–Crippen MR) is 84.2 cm³/mol. The lowest BCUT2D eigenvalue weighted by Gasteiger charge is -2.14. The van der Waals surface area contributed by atoms with Crippen LogP contribution in [0.3, 0.4) is 0 Å². The van der Waals surface area contributed by atoms with Gasteiger partial charge in [-0.2, -0.15) is 0 Å². The maximum Gasteiger partial charge on any atom is 0.214 e. The summed E-state index contributed by atoms with van der Waals surface area (Å²) in [5.41, 5.74) is 0.893. The van der Waals surface area contributed by atoms with Crippen LogP contribution in [0.25, 0.3) is 0 Å². The Hall–Kier alpha value is -0.920. The molecule has 3 rings (SSSR count). The van der Waals surface area contributed by atoms with Gasteiger partial charge in [0.15, 0.2) is 0 Å². The van der Waals surface area contributed by atoms with E-state index in [1.165, 1.54) is 24.6 Å². The van der Waals surface area contributed by atoms with Crippen molar-refractivity contribution >= 4 is 27.7 Å². The van der Waals surface area contributed by atoms with E-state index in [0.29, 0.717) is 6.04 Å². The van der Waals surface area contributed by atoms with Gasteiger partial charge in [-0.05, 0) is 59.7 Å². The quantitative estimate of drug-likeness (QED) is 0.889. The molecule has 1 saturated carbocycles. The van der Waals surface area contributed by atoms with Crippen molar-refractivity contribution in [3.05, 3.63) is 28.2 Å². The SMILES string of the molecule is CC(O)c1ccc(Br)cc1Sc1nnnn1C1CCCC1. The number of aliphatic hydroxyl groups excluding tert-OH is 1. The molecule has 5 nitrogen and oxygen atoms in total. The van der Waals surface area contributed by atoms with Crippen LogP contribution in [0.5, 0.6) is 0 Å². The second-order valence-corrected chi connectivity index (χ2v) is 7.23. The number of aliphatic hydroxyl groups is 1. The molecule has 0 amide bonds. The number of aromatic nitrogens is 4. The van der Waals surface area contributed by atoms with Crippen molar-refractivity contribution in [1.29, 1.82) is 0 Å². The van der Waals surface area contributed by atoms with Gasteiger partial charge in [-0.3, -0.25) is 0 Å². The predicted octanol–water partition coefficient (Wildman–Crippen LogP) is 3.76. The first kappa shape index (κ1) is 15.0. The monoisotopic (exact) mass is 368 g/mol. The molecule has 2 aromatic rings. The van der Waals surface area contributed by atoms with Gasteiger partial charge in [0, 0.05) is 9.37 Å². The highest BCUT2D eigenvalue weighted by atomic mass is 79.9. The van der Waals surface area contributed by atoms with Gasteiger partial charge in [0.05, 0.1) is 12.1 Å². The van der Waals surface area contributed by atoms with E-state index in [2.05, 4.69) is 31.5 Å². The molecule has 1 aromatic carbocycles. The summed E-state index contributed by atoms with van der Waals surface area (Å²) in [4.78, 5) is 0.980. The third kappa shape index (κ3) is 3.30. The van der Waals surface area contributed by atoms with Crippen molar-refractivity contribution in [2.45, 2.75) is 54.8 Å². The highest BCUT2D eigenvalue weighted by Gasteiger charge is 2.22. The van der Waals surface area contributed by atoms with E-state index >= 15 is 0 Å². The Morgan fingerprint density at radius 3 is 2.86 bits per heavy atom. The Kier molecular flexibility index (Phi) is 4.61. The van der Waals surface area contributed by atoms with E-state index in [1.54, 1.807) is 6.92 Å². The highest BCUT2D eigenvalue weighted by molar-refractivity contribution is 9.10. The molecule has 112 valence electrons. The maximum atomic E-state index is 9.92. The van der Waals surface area contributed by atoms with E-state index in [0.717, 1.165) is 32.9 Å². The fraction of sp³-hybridized carbons (Fsp3) is 0.500. The molecule has 21 heavy (non-hydrogen) atoms. The molecule has 0 bridgehead atoms. The van der Waals surface area contributed by atoms with Crippen molar-refractivity contribution in [3.63, 3.8) is 0 Å². The molecule has 1 aliphatic carbocycles. The van der Waals surface area contributed by atoms with Crippen LogP contribution in [0.4, 0.5) is 0 Å². The van der Waals surface area contributed by atoms with Gasteiger partial charge >= 0.3 is 0 Å². The first-order valence-corrected chi connectivity index (χ1v) is 8.69. The lowest BCUT2D eigenvalue weighted by Crippen LogP contribution is -2.08. The molecule has 1 atom stereocenters. The van der Waals surface area contributed by atoms with Crippen molar-refractivity contribution < 1.29 is 5.11 Å². The molecule has 0 spiro atoms. The van der Waals surface area contributed by atoms with Gasteiger partial charge in [0.1, 0.15) is 0 Å². The molecule has 0 saturated heterocycles. The maximum absolute atomic E-state index is 9.92. The number of hydrogen-bond acceptors (Lipinski definition) is 5. The van der Waals surface area contributed by atoms with Crippen LogP contribution in [0.1, 0.15) is 50.3 Å². The largest absolute Gasteiger partial charge is 0.389 e. The molecule has 1 heterocycles. The van der Waals surface area contributed by atoms with Gasteiger partial charge in [0.2, 0.25) is 5.16 Å². The van der Waals surface area contributed by atoms with Crippen LogP contribution in [-0.4, -0.2) is 25.3 Å². The Bertz CT molecular complexity index is 625. The van der Waals surface area contributed by atoms with Crippen molar-refractivity contribution in [2.24, 2.45) is 0 Å². The third-order valence-electron chi connectivity index (χ3n) is 3.76. The average molecular weight is 369 g/mol. The van der Waals surface area contributed by atoms with Gasteiger partial charge < -0.3 is 5.11 Å². The normalized spacial score (nSPS) is 17.3. The minimum atomic E-state index is -0.517. The van der Waals surface area contributed by atoms with Crippen LogP contribution in [0.15, 0.2) is 32.7 Å². The zero-order valence-corrected chi connectivity index (χ0v) is 14.1. The van der Waals surface area contributed by atoms with E-state index < -0.39 is 6.10 Å². The molecular formula is C14H17BrN4OS. The first-order valence-electron chi connectivity index (χ1n) is 7.08. The average Bonchev–Trinajstić information content (AvgIpc) is 3.08. The summed E-state index contributed by atoms with van der Waals surface area (Å²) in [6, 6.07) is 6.28. The number of rotatable bonds is 4. The molecule has 0 radical (unpaired) electrons. The summed E-state index contributed by atoms with van der Waals surface area (Å²) in [5.74, 6) is 0. The lowest BCUT2D eigenvalue weighted by molar-refractivity contribution is 0.196.